The number of likely N-dealkylation sites (N-methyl/N-ethyl adjacent to an activating group) is 1. The second-order valence-electron chi connectivity index (χ2n) is 10.3. The number of benzene rings is 1. The Morgan fingerprint density at radius 1 is 1.08 bits per heavy atom. The van der Waals surface area contributed by atoms with E-state index in [1.807, 2.05) is 25.1 Å². The van der Waals surface area contributed by atoms with E-state index in [0.29, 0.717) is 31.3 Å². The summed E-state index contributed by atoms with van der Waals surface area (Å²) in [5, 5.41) is 0. The van der Waals surface area contributed by atoms with Crippen LogP contribution in [0, 0.1) is 5.92 Å². The van der Waals surface area contributed by atoms with Gasteiger partial charge in [0.15, 0.2) is 11.5 Å². The highest BCUT2D eigenvalue weighted by atomic mass is 16.7. The zero-order valence-electron chi connectivity index (χ0n) is 23.7. The van der Waals surface area contributed by atoms with Crippen LogP contribution >= 0.6 is 0 Å². The summed E-state index contributed by atoms with van der Waals surface area (Å²) in [5.74, 6) is 0.259. The Morgan fingerprint density at radius 2 is 1.71 bits per heavy atom. The summed E-state index contributed by atoms with van der Waals surface area (Å²) in [6, 6.07) is 6.42. The lowest BCUT2D eigenvalue weighted by atomic mass is 10.0. The van der Waals surface area contributed by atoms with Gasteiger partial charge in [-0.15, -0.1) is 0 Å². The molecule has 0 bridgehead atoms. The van der Waals surface area contributed by atoms with Crippen molar-refractivity contribution in [3.05, 3.63) is 24.3 Å². The molecule has 0 saturated carbocycles. The van der Waals surface area contributed by atoms with Crippen LogP contribution < -0.4 is 9.47 Å². The monoisotopic (exact) mass is 538 g/mol. The van der Waals surface area contributed by atoms with Gasteiger partial charge in [-0.25, -0.2) is 14.4 Å². The molecule has 0 spiro atoms. The van der Waals surface area contributed by atoms with E-state index < -0.39 is 36.1 Å². The van der Waals surface area contributed by atoms with E-state index in [4.69, 9.17) is 28.4 Å². The molecule has 1 heterocycles. The summed E-state index contributed by atoms with van der Waals surface area (Å²) >= 11 is 0. The zero-order chi connectivity index (χ0) is 28.5. The highest BCUT2D eigenvalue weighted by Gasteiger charge is 2.35. The standard InChI is InChI=1S/C27H42N2O9/c1-9-33-21-12-10-11-13-22(21)35-17-20-16-29(14-15-34-20)26(32)37-19(4)36-24(30)23(18(2)3)28(8)25(31)38-27(5,6)7/h10-13,18-20,23H,9,14-17H2,1-8H3/t19?,20?,23-/m1/s1. The van der Waals surface area contributed by atoms with Gasteiger partial charge in [0.05, 0.1) is 19.8 Å². The van der Waals surface area contributed by atoms with Crippen LogP contribution in [-0.2, 0) is 23.7 Å². The zero-order valence-corrected chi connectivity index (χ0v) is 23.7. The third kappa shape index (κ3) is 9.59. The molecule has 2 amide bonds. The van der Waals surface area contributed by atoms with E-state index in [9.17, 15) is 14.4 Å². The molecular weight excluding hydrogens is 496 g/mol. The Morgan fingerprint density at radius 3 is 2.29 bits per heavy atom. The summed E-state index contributed by atoms with van der Waals surface area (Å²) in [6.07, 6.45) is -2.84. The van der Waals surface area contributed by atoms with Crippen LogP contribution in [0.4, 0.5) is 9.59 Å². The number of ether oxygens (including phenoxy) is 6. The summed E-state index contributed by atoms with van der Waals surface area (Å²) in [5.41, 5.74) is -0.715. The van der Waals surface area contributed by atoms with Gasteiger partial charge in [-0.3, -0.25) is 4.90 Å². The van der Waals surface area contributed by atoms with E-state index in [1.165, 1.54) is 23.8 Å². The molecule has 0 aromatic heterocycles. The molecule has 11 nitrogen and oxygen atoms in total. The molecule has 0 aliphatic carbocycles. The molecule has 214 valence electrons. The molecule has 2 unspecified atom stereocenters. The minimum atomic E-state index is -1.17. The van der Waals surface area contributed by atoms with Crippen LogP contribution in [0.5, 0.6) is 11.5 Å². The first-order valence-corrected chi connectivity index (χ1v) is 12.9. The molecule has 1 aliphatic heterocycles. The van der Waals surface area contributed by atoms with Crippen molar-refractivity contribution >= 4 is 18.2 Å². The summed E-state index contributed by atoms with van der Waals surface area (Å²) in [6.45, 7) is 13.7. The van der Waals surface area contributed by atoms with Crippen molar-refractivity contribution in [3.63, 3.8) is 0 Å². The number of carbonyl (C=O) groups excluding carboxylic acids is 3. The first-order valence-electron chi connectivity index (χ1n) is 12.9. The number of carbonyl (C=O) groups is 3. The Labute approximate surface area is 225 Å². The first kappa shape index (κ1) is 31.0. The van der Waals surface area contributed by atoms with Crippen LogP contribution in [-0.4, -0.2) is 92.0 Å². The largest absolute Gasteiger partial charge is 0.490 e. The normalized spacial score (nSPS) is 17.3. The summed E-state index contributed by atoms with van der Waals surface area (Å²) in [4.78, 5) is 40.8. The van der Waals surface area contributed by atoms with Gasteiger partial charge in [0, 0.05) is 20.5 Å². The van der Waals surface area contributed by atoms with Gasteiger partial charge in [0.25, 0.3) is 0 Å². The fraction of sp³-hybridized carbons (Fsp3) is 0.667. The van der Waals surface area contributed by atoms with Crippen LogP contribution in [0.25, 0.3) is 0 Å². The molecule has 1 aliphatic rings. The van der Waals surface area contributed by atoms with E-state index in [1.54, 1.807) is 40.7 Å². The molecule has 1 fully saturated rings. The molecule has 3 atom stereocenters. The molecule has 38 heavy (non-hydrogen) atoms. The maximum Gasteiger partial charge on any atom is 0.413 e. The topological polar surface area (TPSA) is 113 Å². The number of para-hydroxylation sites is 2. The van der Waals surface area contributed by atoms with Gasteiger partial charge in [0.1, 0.15) is 24.4 Å². The lowest BCUT2D eigenvalue weighted by Crippen LogP contribution is -2.50. The number of hydrogen-bond donors (Lipinski definition) is 0. The highest BCUT2D eigenvalue weighted by Crippen LogP contribution is 2.27. The van der Waals surface area contributed by atoms with Crippen LogP contribution in [0.1, 0.15) is 48.5 Å². The van der Waals surface area contributed by atoms with Crippen molar-refractivity contribution in [1.29, 1.82) is 0 Å². The van der Waals surface area contributed by atoms with E-state index in [-0.39, 0.29) is 25.2 Å². The predicted octanol–water partition coefficient (Wildman–Crippen LogP) is 4.08. The molecule has 1 aromatic carbocycles. The number of morpholine rings is 1. The average molecular weight is 539 g/mol. The summed E-state index contributed by atoms with van der Waals surface area (Å²) < 4.78 is 33.3. The van der Waals surface area contributed by atoms with Crippen molar-refractivity contribution in [2.45, 2.75) is 72.5 Å². The van der Waals surface area contributed by atoms with Crippen LogP contribution in [0.3, 0.4) is 0 Å². The van der Waals surface area contributed by atoms with Gasteiger partial charge >= 0.3 is 18.2 Å². The van der Waals surface area contributed by atoms with E-state index in [2.05, 4.69) is 0 Å². The number of nitrogens with zero attached hydrogens (tertiary/aromatic N) is 2. The van der Waals surface area contributed by atoms with Crippen molar-refractivity contribution in [2.24, 2.45) is 5.92 Å². The smallest absolute Gasteiger partial charge is 0.413 e. The predicted molar refractivity (Wildman–Crippen MR) is 139 cm³/mol. The number of hydrogen-bond acceptors (Lipinski definition) is 9. The third-order valence-electron chi connectivity index (χ3n) is 5.49. The Hall–Kier alpha value is -3.21. The molecule has 2 rings (SSSR count). The number of rotatable bonds is 10. The number of esters is 1. The molecular formula is C27H42N2O9. The van der Waals surface area contributed by atoms with Crippen molar-refractivity contribution in [1.82, 2.24) is 9.80 Å². The maximum absolute atomic E-state index is 12.9. The Kier molecular flexibility index (Phi) is 11.5. The van der Waals surface area contributed by atoms with E-state index in [0.717, 1.165) is 0 Å². The minimum Gasteiger partial charge on any atom is -0.490 e. The quantitative estimate of drug-likeness (QED) is 0.321. The molecule has 0 radical (unpaired) electrons. The van der Waals surface area contributed by atoms with E-state index >= 15 is 0 Å². The van der Waals surface area contributed by atoms with Gasteiger partial charge in [0.2, 0.25) is 6.29 Å². The first-order chi connectivity index (χ1) is 17.8. The highest BCUT2D eigenvalue weighted by molar-refractivity contribution is 5.82. The minimum absolute atomic E-state index is 0.214. The van der Waals surface area contributed by atoms with Crippen LogP contribution in [0.2, 0.25) is 0 Å². The van der Waals surface area contributed by atoms with Crippen molar-refractivity contribution < 1.29 is 42.8 Å². The second-order valence-corrected chi connectivity index (χ2v) is 10.3. The van der Waals surface area contributed by atoms with Gasteiger partial charge in [-0.1, -0.05) is 26.0 Å². The number of amides is 2. The van der Waals surface area contributed by atoms with Crippen LogP contribution in [0.15, 0.2) is 24.3 Å². The van der Waals surface area contributed by atoms with Crippen molar-refractivity contribution in [3.8, 4) is 11.5 Å². The molecule has 11 heteroatoms. The summed E-state index contributed by atoms with van der Waals surface area (Å²) in [7, 11) is 1.47. The second kappa shape index (κ2) is 14.1. The Balaban J connectivity index is 1.90. The fourth-order valence-corrected chi connectivity index (χ4v) is 3.81. The lowest BCUT2D eigenvalue weighted by molar-refractivity contribution is -0.174. The lowest BCUT2D eigenvalue weighted by Gasteiger charge is -2.33. The molecule has 1 aromatic rings. The fourth-order valence-electron chi connectivity index (χ4n) is 3.81. The van der Waals surface area contributed by atoms with Gasteiger partial charge < -0.3 is 33.3 Å². The SMILES string of the molecule is CCOc1ccccc1OCC1CN(C(=O)OC(C)OC(=O)[C@@H](C(C)C)N(C)C(=O)OC(C)(C)C)CCO1. The molecule has 0 N–H and O–H groups in total. The molecule has 1 saturated heterocycles. The maximum atomic E-state index is 12.9. The van der Waals surface area contributed by atoms with Gasteiger partial charge in [-0.05, 0) is 45.7 Å². The van der Waals surface area contributed by atoms with Gasteiger partial charge in [-0.2, -0.15) is 0 Å². The third-order valence-corrected chi connectivity index (χ3v) is 5.49. The average Bonchev–Trinajstić information content (AvgIpc) is 2.82. The van der Waals surface area contributed by atoms with Crippen molar-refractivity contribution in [2.75, 3.05) is 40.0 Å². The Bertz CT molecular complexity index is 931.